The van der Waals surface area contributed by atoms with E-state index >= 15 is 0 Å². The second-order valence-corrected chi connectivity index (χ2v) is 6.93. The summed E-state index contributed by atoms with van der Waals surface area (Å²) in [5, 5.41) is 20.1. The summed E-state index contributed by atoms with van der Waals surface area (Å²) in [6.45, 7) is 8.27. The fourth-order valence-electron chi connectivity index (χ4n) is 4.08. The number of piperidine rings is 2. The van der Waals surface area contributed by atoms with E-state index in [9.17, 15) is 10.2 Å². The highest BCUT2D eigenvalue weighted by Crippen LogP contribution is 2.30. The van der Waals surface area contributed by atoms with Gasteiger partial charge in [0, 0.05) is 13.1 Å². The van der Waals surface area contributed by atoms with E-state index in [1.165, 1.54) is 32.1 Å². The van der Waals surface area contributed by atoms with Crippen LogP contribution in [0.15, 0.2) is 0 Å². The molecule has 4 nitrogen and oxygen atoms in total. The van der Waals surface area contributed by atoms with Crippen molar-refractivity contribution >= 4 is 0 Å². The summed E-state index contributed by atoms with van der Waals surface area (Å²) in [4.78, 5) is 4.35. The van der Waals surface area contributed by atoms with E-state index in [1.54, 1.807) is 0 Å². The molecular formula is C17H34N2O2. The SMILES string of the molecule is CCN1CCC(CCCC2CCN(CC)C(O)C2)CC1O. The van der Waals surface area contributed by atoms with Crippen LogP contribution in [0.3, 0.4) is 0 Å². The summed E-state index contributed by atoms with van der Waals surface area (Å²) in [6, 6.07) is 0. The van der Waals surface area contributed by atoms with Crippen molar-refractivity contribution in [1.29, 1.82) is 0 Å². The van der Waals surface area contributed by atoms with Crippen molar-refractivity contribution in [2.24, 2.45) is 11.8 Å². The molecule has 0 aromatic rings. The number of likely N-dealkylation sites (tertiary alicyclic amines) is 2. The Labute approximate surface area is 130 Å². The number of hydrogen-bond donors (Lipinski definition) is 2. The Bertz CT molecular complexity index is 273. The van der Waals surface area contributed by atoms with E-state index in [2.05, 4.69) is 23.6 Å². The van der Waals surface area contributed by atoms with Crippen molar-refractivity contribution in [1.82, 2.24) is 9.80 Å². The molecule has 0 radical (unpaired) electrons. The molecule has 124 valence electrons. The molecular weight excluding hydrogens is 264 g/mol. The van der Waals surface area contributed by atoms with Crippen LogP contribution in [0.2, 0.25) is 0 Å². The highest BCUT2D eigenvalue weighted by Gasteiger charge is 2.27. The van der Waals surface area contributed by atoms with Crippen LogP contribution in [-0.4, -0.2) is 58.6 Å². The van der Waals surface area contributed by atoms with Crippen LogP contribution in [0, 0.1) is 11.8 Å². The molecule has 0 aromatic carbocycles. The number of aliphatic hydroxyl groups is 2. The van der Waals surface area contributed by atoms with Gasteiger partial charge in [0.15, 0.2) is 0 Å². The molecule has 2 rings (SSSR count). The third-order valence-corrected chi connectivity index (χ3v) is 5.62. The quantitative estimate of drug-likeness (QED) is 0.789. The van der Waals surface area contributed by atoms with Crippen LogP contribution in [0.4, 0.5) is 0 Å². The van der Waals surface area contributed by atoms with E-state index < -0.39 is 0 Å². The highest BCUT2D eigenvalue weighted by molar-refractivity contribution is 4.77. The Hall–Kier alpha value is -0.160. The second kappa shape index (κ2) is 8.47. The van der Waals surface area contributed by atoms with Gasteiger partial charge in [-0.05, 0) is 50.6 Å². The minimum Gasteiger partial charge on any atom is -0.378 e. The molecule has 0 aliphatic carbocycles. The molecule has 2 fully saturated rings. The predicted molar refractivity (Wildman–Crippen MR) is 85.8 cm³/mol. The van der Waals surface area contributed by atoms with Crippen molar-refractivity contribution in [2.45, 2.75) is 71.2 Å². The molecule has 0 saturated carbocycles. The molecule has 0 amide bonds. The van der Waals surface area contributed by atoms with E-state index in [0.29, 0.717) is 11.8 Å². The van der Waals surface area contributed by atoms with Crippen LogP contribution in [0.5, 0.6) is 0 Å². The molecule has 0 spiro atoms. The van der Waals surface area contributed by atoms with E-state index in [-0.39, 0.29) is 12.5 Å². The molecule has 2 saturated heterocycles. The summed E-state index contributed by atoms with van der Waals surface area (Å²) in [5.74, 6) is 1.40. The largest absolute Gasteiger partial charge is 0.378 e. The number of nitrogens with zero attached hydrogens (tertiary/aromatic N) is 2. The Kier molecular flexibility index (Phi) is 6.93. The first kappa shape index (κ1) is 17.2. The van der Waals surface area contributed by atoms with Gasteiger partial charge >= 0.3 is 0 Å². The molecule has 4 heteroatoms. The fraction of sp³-hybridized carbons (Fsp3) is 1.00. The van der Waals surface area contributed by atoms with Gasteiger partial charge in [-0.15, -0.1) is 0 Å². The smallest absolute Gasteiger partial charge is 0.107 e. The summed E-state index contributed by atoms with van der Waals surface area (Å²) < 4.78 is 0. The van der Waals surface area contributed by atoms with Crippen LogP contribution >= 0.6 is 0 Å². The highest BCUT2D eigenvalue weighted by atomic mass is 16.3. The molecule has 2 aliphatic heterocycles. The van der Waals surface area contributed by atoms with Gasteiger partial charge in [-0.25, -0.2) is 0 Å². The molecule has 4 unspecified atom stereocenters. The lowest BCUT2D eigenvalue weighted by molar-refractivity contribution is -0.0449. The third-order valence-electron chi connectivity index (χ3n) is 5.62. The lowest BCUT2D eigenvalue weighted by Crippen LogP contribution is -2.42. The molecule has 4 atom stereocenters. The molecule has 2 aliphatic rings. The molecule has 0 bridgehead atoms. The van der Waals surface area contributed by atoms with Gasteiger partial charge in [0.05, 0.1) is 0 Å². The predicted octanol–water partition coefficient (Wildman–Crippen LogP) is 2.26. The minimum atomic E-state index is -0.219. The van der Waals surface area contributed by atoms with Crippen molar-refractivity contribution in [3.8, 4) is 0 Å². The van der Waals surface area contributed by atoms with Gasteiger partial charge in [-0.3, -0.25) is 9.80 Å². The molecule has 2 heterocycles. The van der Waals surface area contributed by atoms with Crippen LogP contribution in [0.25, 0.3) is 0 Å². The van der Waals surface area contributed by atoms with Gasteiger partial charge in [-0.2, -0.15) is 0 Å². The van der Waals surface area contributed by atoms with Crippen molar-refractivity contribution in [3.63, 3.8) is 0 Å². The maximum absolute atomic E-state index is 10.1. The average molecular weight is 298 g/mol. The standard InChI is InChI=1S/C17H34N2O2/c1-3-18-10-8-14(12-16(18)20)6-5-7-15-9-11-19(4-2)17(21)13-15/h14-17,20-21H,3-13H2,1-2H3. The van der Waals surface area contributed by atoms with Crippen LogP contribution in [-0.2, 0) is 0 Å². The molecule has 0 aromatic heterocycles. The number of hydrogen-bond acceptors (Lipinski definition) is 4. The van der Waals surface area contributed by atoms with Gasteiger partial charge in [0.25, 0.3) is 0 Å². The average Bonchev–Trinajstić information content (AvgIpc) is 2.48. The van der Waals surface area contributed by atoms with Gasteiger partial charge in [0.2, 0.25) is 0 Å². The Morgan fingerprint density at radius 3 is 1.57 bits per heavy atom. The first-order valence-corrected chi connectivity index (χ1v) is 8.98. The van der Waals surface area contributed by atoms with Crippen molar-refractivity contribution in [2.75, 3.05) is 26.2 Å². The van der Waals surface area contributed by atoms with Gasteiger partial charge in [-0.1, -0.05) is 33.1 Å². The van der Waals surface area contributed by atoms with Gasteiger partial charge < -0.3 is 10.2 Å². The topological polar surface area (TPSA) is 46.9 Å². The molecule has 21 heavy (non-hydrogen) atoms. The van der Waals surface area contributed by atoms with Crippen molar-refractivity contribution in [3.05, 3.63) is 0 Å². The normalized spacial score (nSPS) is 36.0. The Morgan fingerprint density at radius 1 is 0.810 bits per heavy atom. The fourth-order valence-corrected chi connectivity index (χ4v) is 4.08. The maximum atomic E-state index is 10.1. The van der Waals surface area contributed by atoms with Crippen molar-refractivity contribution < 1.29 is 10.2 Å². The zero-order chi connectivity index (χ0) is 15.2. The lowest BCUT2D eigenvalue weighted by atomic mass is 9.86. The van der Waals surface area contributed by atoms with E-state index in [0.717, 1.165) is 39.0 Å². The number of aliphatic hydroxyl groups excluding tert-OH is 2. The third kappa shape index (κ3) is 4.92. The van der Waals surface area contributed by atoms with E-state index in [4.69, 9.17) is 0 Å². The minimum absolute atomic E-state index is 0.219. The Morgan fingerprint density at radius 2 is 1.24 bits per heavy atom. The zero-order valence-corrected chi connectivity index (χ0v) is 13.9. The molecule has 2 N–H and O–H groups in total. The van der Waals surface area contributed by atoms with Gasteiger partial charge in [0.1, 0.15) is 12.5 Å². The summed E-state index contributed by atoms with van der Waals surface area (Å²) in [5.41, 5.74) is 0. The summed E-state index contributed by atoms with van der Waals surface area (Å²) in [7, 11) is 0. The number of rotatable bonds is 6. The zero-order valence-electron chi connectivity index (χ0n) is 13.9. The Balaban J connectivity index is 1.62. The van der Waals surface area contributed by atoms with Crippen LogP contribution < -0.4 is 0 Å². The first-order valence-electron chi connectivity index (χ1n) is 8.98. The first-order chi connectivity index (χ1) is 10.1. The lowest BCUT2D eigenvalue weighted by Gasteiger charge is -2.37. The summed E-state index contributed by atoms with van der Waals surface area (Å²) >= 11 is 0. The second-order valence-electron chi connectivity index (χ2n) is 6.93. The van der Waals surface area contributed by atoms with E-state index in [1.807, 2.05) is 0 Å². The summed E-state index contributed by atoms with van der Waals surface area (Å²) in [6.07, 6.45) is 7.69. The monoisotopic (exact) mass is 298 g/mol. The maximum Gasteiger partial charge on any atom is 0.107 e. The van der Waals surface area contributed by atoms with Crippen LogP contribution in [0.1, 0.15) is 58.8 Å².